The zero-order valence-electron chi connectivity index (χ0n) is 12.6. The molecule has 0 aliphatic rings. The van der Waals surface area contributed by atoms with E-state index in [2.05, 4.69) is 34.6 Å². The number of amides is 2. The summed E-state index contributed by atoms with van der Waals surface area (Å²) < 4.78 is 1.69. The summed E-state index contributed by atoms with van der Waals surface area (Å²) in [6.07, 6.45) is 3.15. The summed E-state index contributed by atoms with van der Waals surface area (Å²) in [5.41, 5.74) is 1.98. The first kappa shape index (κ1) is 15.0. The Morgan fingerprint density at radius 3 is 2.52 bits per heavy atom. The monoisotopic (exact) mass is 287 g/mol. The second-order valence-electron chi connectivity index (χ2n) is 5.40. The lowest BCUT2D eigenvalue weighted by Crippen LogP contribution is -2.38. The van der Waals surface area contributed by atoms with Crippen molar-refractivity contribution in [3.63, 3.8) is 0 Å². The van der Waals surface area contributed by atoms with Gasteiger partial charge in [0.1, 0.15) is 12.7 Å². The van der Waals surface area contributed by atoms with Crippen molar-refractivity contribution < 1.29 is 4.79 Å². The molecule has 6 nitrogen and oxygen atoms in total. The van der Waals surface area contributed by atoms with Crippen LogP contribution >= 0.6 is 0 Å². The summed E-state index contributed by atoms with van der Waals surface area (Å²) in [7, 11) is 0. The molecule has 6 heteroatoms. The molecule has 0 aliphatic heterocycles. The molecule has 2 aromatic rings. The number of urea groups is 1. The highest BCUT2D eigenvalue weighted by Crippen LogP contribution is 2.14. The number of nitrogens with zero attached hydrogens (tertiary/aromatic N) is 3. The molecule has 1 aromatic heterocycles. The second-order valence-corrected chi connectivity index (χ2v) is 5.40. The van der Waals surface area contributed by atoms with Crippen molar-refractivity contribution in [3.05, 3.63) is 42.5 Å². The molecule has 0 aliphatic carbocycles. The maximum Gasteiger partial charge on any atom is 0.315 e. The molecule has 2 amide bonds. The predicted molar refractivity (Wildman–Crippen MR) is 81.1 cm³/mol. The van der Waals surface area contributed by atoms with E-state index in [1.54, 1.807) is 11.0 Å². The van der Waals surface area contributed by atoms with Crippen molar-refractivity contribution in [1.29, 1.82) is 0 Å². The van der Waals surface area contributed by atoms with E-state index in [1.165, 1.54) is 6.33 Å². The number of carbonyl (C=O) groups excluding carboxylic acids is 1. The van der Waals surface area contributed by atoms with Gasteiger partial charge in [0.2, 0.25) is 0 Å². The molecule has 21 heavy (non-hydrogen) atoms. The Kier molecular flexibility index (Phi) is 4.92. The summed E-state index contributed by atoms with van der Waals surface area (Å²) >= 11 is 0. The third-order valence-electron chi connectivity index (χ3n) is 3.09. The van der Waals surface area contributed by atoms with E-state index >= 15 is 0 Å². The fourth-order valence-corrected chi connectivity index (χ4v) is 1.89. The molecule has 2 rings (SSSR count). The lowest BCUT2D eigenvalue weighted by Gasteiger charge is -2.16. The van der Waals surface area contributed by atoms with Gasteiger partial charge in [0.05, 0.1) is 11.7 Å². The van der Waals surface area contributed by atoms with Crippen LogP contribution in [0.2, 0.25) is 0 Å². The number of aromatic nitrogens is 3. The van der Waals surface area contributed by atoms with Crippen LogP contribution in [0.25, 0.3) is 5.69 Å². The summed E-state index contributed by atoms with van der Waals surface area (Å²) in [6.45, 7) is 6.75. The van der Waals surface area contributed by atoms with Gasteiger partial charge < -0.3 is 10.6 Å². The molecule has 1 aromatic carbocycles. The van der Waals surface area contributed by atoms with Gasteiger partial charge in [-0.05, 0) is 30.5 Å². The van der Waals surface area contributed by atoms with Crippen molar-refractivity contribution in [1.82, 2.24) is 25.4 Å². The van der Waals surface area contributed by atoms with Gasteiger partial charge in [-0.15, -0.1) is 0 Å². The first-order chi connectivity index (χ1) is 10.1. The van der Waals surface area contributed by atoms with Crippen LogP contribution in [-0.4, -0.2) is 27.3 Å². The largest absolute Gasteiger partial charge is 0.338 e. The van der Waals surface area contributed by atoms with Crippen LogP contribution in [-0.2, 0) is 0 Å². The third-order valence-corrected chi connectivity index (χ3v) is 3.09. The SMILES string of the molecule is CC(C)CNC(=O)NC(C)c1ccc(-n2cncn2)cc1. The molecule has 0 fully saturated rings. The lowest BCUT2D eigenvalue weighted by molar-refractivity contribution is 0.236. The van der Waals surface area contributed by atoms with Crippen molar-refractivity contribution in [2.24, 2.45) is 5.92 Å². The number of hydrogen-bond donors (Lipinski definition) is 2. The topological polar surface area (TPSA) is 71.8 Å². The fraction of sp³-hybridized carbons (Fsp3) is 0.400. The molecule has 2 N–H and O–H groups in total. The average molecular weight is 287 g/mol. The molecule has 0 radical (unpaired) electrons. The van der Waals surface area contributed by atoms with Crippen LogP contribution in [0.4, 0.5) is 4.79 Å². The van der Waals surface area contributed by atoms with E-state index in [1.807, 2.05) is 31.2 Å². The third kappa shape index (κ3) is 4.30. The van der Waals surface area contributed by atoms with Crippen LogP contribution in [0.1, 0.15) is 32.4 Å². The van der Waals surface area contributed by atoms with Crippen LogP contribution in [0.3, 0.4) is 0 Å². The molecule has 0 saturated carbocycles. The lowest BCUT2D eigenvalue weighted by atomic mass is 10.1. The van der Waals surface area contributed by atoms with E-state index in [0.29, 0.717) is 12.5 Å². The summed E-state index contributed by atoms with van der Waals surface area (Å²) in [4.78, 5) is 15.7. The maximum atomic E-state index is 11.7. The van der Waals surface area contributed by atoms with E-state index in [-0.39, 0.29) is 12.1 Å². The van der Waals surface area contributed by atoms with Crippen molar-refractivity contribution in [2.75, 3.05) is 6.54 Å². The molecule has 1 atom stereocenters. The van der Waals surface area contributed by atoms with Crippen LogP contribution < -0.4 is 10.6 Å². The summed E-state index contributed by atoms with van der Waals surface area (Å²) in [6, 6.07) is 7.66. The Morgan fingerprint density at radius 1 is 1.24 bits per heavy atom. The molecular weight excluding hydrogens is 266 g/mol. The molecule has 0 spiro atoms. The van der Waals surface area contributed by atoms with E-state index < -0.39 is 0 Å². The van der Waals surface area contributed by atoms with Gasteiger partial charge in [-0.25, -0.2) is 14.5 Å². The Morgan fingerprint density at radius 2 is 1.95 bits per heavy atom. The summed E-state index contributed by atoms with van der Waals surface area (Å²) in [5.74, 6) is 0.438. The number of hydrogen-bond acceptors (Lipinski definition) is 3. The summed E-state index contributed by atoms with van der Waals surface area (Å²) in [5, 5.41) is 9.84. The van der Waals surface area contributed by atoms with Gasteiger partial charge in [0, 0.05) is 6.54 Å². The Balaban J connectivity index is 1.93. The first-order valence-corrected chi connectivity index (χ1v) is 7.05. The Labute approximate surface area is 124 Å². The number of nitrogens with one attached hydrogen (secondary N) is 2. The first-order valence-electron chi connectivity index (χ1n) is 7.05. The standard InChI is InChI=1S/C15H21N5O/c1-11(2)8-17-15(21)19-12(3)13-4-6-14(7-5-13)20-10-16-9-18-20/h4-7,9-12H,8H2,1-3H3,(H2,17,19,21). The zero-order valence-corrected chi connectivity index (χ0v) is 12.6. The Bertz CT molecular complexity index is 562. The minimum Gasteiger partial charge on any atom is -0.338 e. The highest BCUT2D eigenvalue weighted by molar-refractivity contribution is 5.74. The number of benzene rings is 1. The van der Waals surface area contributed by atoms with Crippen molar-refractivity contribution in [3.8, 4) is 5.69 Å². The smallest absolute Gasteiger partial charge is 0.315 e. The normalized spacial score (nSPS) is 12.2. The molecule has 0 bridgehead atoms. The highest BCUT2D eigenvalue weighted by atomic mass is 16.2. The molecule has 112 valence electrons. The maximum absolute atomic E-state index is 11.7. The van der Waals surface area contributed by atoms with Gasteiger partial charge in [0.15, 0.2) is 0 Å². The van der Waals surface area contributed by atoms with Gasteiger partial charge in [-0.2, -0.15) is 5.10 Å². The van der Waals surface area contributed by atoms with Gasteiger partial charge in [-0.1, -0.05) is 26.0 Å². The number of rotatable bonds is 5. The molecular formula is C15H21N5O. The molecule has 1 heterocycles. The second kappa shape index (κ2) is 6.88. The fourth-order valence-electron chi connectivity index (χ4n) is 1.89. The number of carbonyl (C=O) groups is 1. The minimum absolute atomic E-state index is 0.0537. The minimum atomic E-state index is -0.142. The van der Waals surface area contributed by atoms with Crippen molar-refractivity contribution in [2.45, 2.75) is 26.8 Å². The molecule has 0 saturated heterocycles. The van der Waals surface area contributed by atoms with Crippen LogP contribution in [0.5, 0.6) is 0 Å². The predicted octanol–water partition coefficient (Wildman–Crippen LogP) is 2.28. The van der Waals surface area contributed by atoms with Crippen LogP contribution in [0.15, 0.2) is 36.9 Å². The molecule has 1 unspecified atom stereocenters. The van der Waals surface area contributed by atoms with E-state index in [9.17, 15) is 4.79 Å². The quantitative estimate of drug-likeness (QED) is 0.886. The Hall–Kier alpha value is -2.37. The van der Waals surface area contributed by atoms with Crippen LogP contribution in [0, 0.1) is 5.92 Å². The zero-order chi connectivity index (χ0) is 15.2. The average Bonchev–Trinajstić information content (AvgIpc) is 2.99. The van der Waals surface area contributed by atoms with E-state index in [0.717, 1.165) is 11.3 Å². The van der Waals surface area contributed by atoms with Gasteiger partial charge >= 0.3 is 6.03 Å². The van der Waals surface area contributed by atoms with Crippen molar-refractivity contribution >= 4 is 6.03 Å². The van der Waals surface area contributed by atoms with Gasteiger partial charge in [-0.3, -0.25) is 0 Å². The highest BCUT2D eigenvalue weighted by Gasteiger charge is 2.09. The van der Waals surface area contributed by atoms with E-state index in [4.69, 9.17) is 0 Å². The van der Waals surface area contributed by atoms with Gasteiger partial charge in [0.25, 0.3) is 0 Å².